The molecule has 0 radical (unpaired) electrons. The van der Waals surface area contributed by atoms with Gasteiger partial charge in [0.05, 0.1) is 6.20 Å². The number of carbonyl (C=O) groups excluding carboxylic acids is 1. The van der Waals surface area contributed by atoms with Gasteiger partial charge in [-0.05, 0) is 12.8 Å². The third-order valence-electron chi connectivity index (χ3n) is 1.98. The summed E-state index contributed by atoms with van der Waals surface area (Å²) in [5.74, 6) is 0.845. The van der Waals surface area contributed by atoms with Gasteiger partial charge in [0, 0.05) is 12.8 Å². The molecule has 0 saturated heterocycles. The van der Waals surface area contributed by atoms with E-state index < -0.39 is 0 Å². The van der Waals surface area contributed by atoms with Crippen LogP contribution in [0.2, 0.25) is 0 Å². The molecule has 0 bridgehead atoms. The van der Waals surface area contributed by atoms with Crippen molar-refractivity contribution in [3.05, 3.63) is 12.0 Å². The van der Waals surface area contributed by atoms with Crippen LogP contribution >= 0.6 is 0 Å². The van der Waals surface area contributed by atoms with Crippen molar-refractivity contribution in [1.82, 2.24) is 9.97 Å². The van der Waals surface area contributed by atoms with Crippen molar-refractivity contribution in [2.75, 3.05) is 5.73 Å². The predicted octanol–water partition coefficient (Wildman–Crippen LogP) is 1.72. The van der Waals surface area contributed by atoms with E-state index in [2.05, 4.69) is 9.97 Å². The average Bonchev–Trinajstić information content (AvgIpc) is 2.23. The fourth-order valence-electron chi connectivity index (χ4n) is 1.22. The van der Waals surface area contributed by atoms with Crippen LogP contribution in [0.4, 0.5) is 5.82 Å². The number of nitrogen functional groups attached to an aromatic ring is 1. The first kappa shape index (κ1) is 12.4. The second-order valence-electron chi connectivity index (χ2n) is 3.51. The monoisotopic (exact) mass is 223 g/mol. The summed E-state index contributed by atoms with van der Waals surface area (Å²) in [6.45, 7) is 3.94. The minimum Gasteiger partial charge on any atom is -0.421 e. The highest BCUT2D eigenvalue weighted by molar-refractivity contribution is 5.73. The lowest BCUT2D eigenvalue weighted by Crippen LogP contribution is -2.10. The normalized spacial score (nSPS) is 10.1. The maximum absolute atomic E-state index is 11.2. The molecule has 0 unspecified atom stereocenters. The minimum absolute atomic E-state index is 0.225. The SMILES string of the molecule is CCCC(=O)Oc1cnc(CCC)nc1N. The lowest BCUT2D eigenvalue weighted by atomic mass is 10.3. The van der Waals surface area contributed by atoms with E-state index in [0.29, 0.717) is 12.2 Å². The molecule has 1 aromatic rings. The van der Waals surface area contributed by atoms with E-state index in [1.54, 1.807) is 0 Å². The molecule has 88 valence electrons. The van der Waals surface area contributed by atoms with Crippen LogP contribution in [0.5, 0.6) is 5.75 Å². The number of hydrogen-bond acceptors (Lipinski definition) is 5. The van der Waals surface area contributed by atoms with Gasteiger partial charge < -0.3 is 10.5 Å². The number of hydrogen-bond donors (Lipinski definition) is 1. The molecule has 2 N–H and O–H groups in total. The van der Waals surface area contributed by atoms with Crippen molar-refractivity contribution >= 4 is 11.8 Å². The number of rotatable bonds is 5. The molecule has 1 aromatic heterocycles. The zero-order valence-corrected chi connectivity index (χ0v) is 9.69. The Morgan fingerprint density at radius 3 is 2.75 bits per heavy atom. The van der Waals surface area contributed by atoms with Crippen molar-refractivity contribution in [2.45, 2.75) is 39.5 Å². The summed E-state index contributed by atoms with van der Waals surface area (Å²) in [5, 5.41) is 0. The Bertz CT molecular complexity index is 366. The molecule has 0 aliphatic rings. The number of aryl methyl sites for hydroxylation is 1. The maximum Gasteiger partial charge on any atom is 0.311 e. The fourth-order valence-corrected chi connectivity index (χ4v) is 1.22. The first-order valence-electron chi connectivity index (χ1n) is 5.49. The quantitative estimate of drug-likeness (QED) is 0.769. The number of carbonyl (C=O) groups is 1. The Kier molecular flexibility index (Phi) is 4.69. The fraction of sp³-hybridized carbons (Fsp3) is 0.545. The summed E-state index contributed by atoms with van der Waals surface area (Å²) in [5.41, 5.74) is 5.67. The van der Waals surface area contributed by atoms with Gasteiger partial charge in [0.1, 0.15) is 5.82 Å². The summed E-state index contributed by atoms with van der Waals surface area (Å²) in [6, 6.07) is 0. The van der Waals surface area contributed by atoms with Gasteiger partial charge in [-0.25, -0.2) is 9.97 Å². The first-order chi connectivity index (χ1) is 7.67. The van der Waals surface area contributed by atoms with E-state index in [1.807, 2.05) is 13.8 Å². The van der Waals surface area contributed by atoms with Gasteiger partial charge in [0.2, 0.25) is 0 Å². The van der Waals surface area contributed by atoms with E-state index in [9.17, 15) is 4.79 Å². The summed E-state index contributed by atoms with van der Waals surface area (Å²) in [6.07, 6.45) is 4.30. The Balaban J connectivity index is 2.71. The highest BCUT2D eigenvalue weighted by Crippen LogP contribution is 2.18. The van der Waals surface area contributed by atoms with Crippen LogP contribution in [0.15, 0.2) is 6.20 Å². The second kappa shape index (κ2) is 6.05. The zero-order valence-electron chi connectivity index (χ0n) is 9.69. The van der Waals surface area contributed by atoms with Crippen LogP contribution in [0, 0.1) is 0 Å². The summed E-state index contributed by atoms with van der Waals surface area (Å²) in [4.78, 5) is 19.4. The van der Waals surface area contributed by atoms with Crippen LogP contribution in [-0.2, 0) is 11.2 Å². The Morgan fingerprint density at radius 2 is 2.19 bits per heavy atom. The van der Waals surface area contributed by atoms with Crippen molar-refractivity contribution in [1.29, 1.82) is 0 Å². The number of aromatic nitrogens is 2. The van der Waals surface area contributed by atoms with Crippen LogP contribution in [0.1, 0.15) is 38.9 Å². The standard InChI is InChI=1S/C11H17N3O2/c1-3-5-9-13-7-8(11(12)14-9)16-10(15)6-4-2/h7H,3-6H2,1-2H3,(H2,12,13,14). The molecule has 0 saturated carbocycles. The number of esters is 1. The molecule has 0 fully saturated rings. The largest absolute Gasteiger partial charge is 0.421 e. The van der Waals surface area contributed by atoms with Crippen LogP contribution in [0.3, 0.4) is 0 Å². The van der Waals surface area contributed by atoms with Crippen molar-refractivity contribution in [2.24, 2.45) is 0 Å². The average molecular weight is 223 g/mol. The first-order valence-corrected chi connectivity index (χ1v) is 5.49. The molecule has 0 spiro atoms. The van der Waals surface area contributed by atoms with Crippen molar-refractivity contribution in [3.63, 3.8) is 0 Å². The van der Waals surface area contributed by atoms with Crippen molar-refractivity contribution in [3.8, 4) is 5.75 Å². The second-order valence-corrected chi connectivity index (χ2v) is 3.51. The summed E-state index contributed by atoms with van der Waals surface area (Å²) >= 11 is 0. The highest BCUT2D eigenvalue weighted by Gasteiger charge is 2.09. The number of anilines is 1. The lowest BCUT2D eigenvalue weighted by Gasteiger charge is -2.06. The predicted molar refractivity (Wildman–Crippen MR) is 61.0 cm³/mol. The number of nitrogens with zero attached hydrogens (tertiary/aromatic N) is 2. The Hall–Kier alpha value is -1.65. The molecule has 1 heterocycles. The van der Waals surface area contributed by atoms with Crippen molar-refractivity contribution < 1.29 is 9.53 Å². The van der Waals surface area contributed by atoms with E-state index in [0.717, 1.165) is 19.3 Å². The molecule has 0 aromatic carbocycles. The van der Waals surface area contributed by atoms with Gasteiger partial charge in [-0.3, -0.25) is 4.79 Å². The molecule has 1 rings (SSSR count). The van der Waals surface area contributed by atoms with Crippen LogP contribution < -0.4 is 10.5 Å². The summed E-state index contributed by atoms with van der Waals surface area (Å²) in [7, 11) is 0. The van der Waals surface area contributed by atoms with E-state index in [4.69, 9.17) is 10.5 Å². The molecule has 0 atom stereocenters. The van der Waals surface area contributed by atoms with E-state index >= 15 is 0 Å². The minimum atomic E-state index is -0.305. The molecule has 0 amide bonds. The van der Waals surface area contributed by atoms with Gasteiger partial charge in [0.15, 0.2) is 11.6 Å². The van der Waals surface area contributed by atoms with Gasteiger partial charge in [-0.1, -0.05) is 13.8 Å². The molecular formula is C11H17N3O2. The molecule has 5 nitrogen and oxygen atoms in total. The summed E-state index contributed by atoms with van der Waals surface area (Å²) < 4.78 is 5.03. The van der Waals surface area contributed by atoms with E-state index in [-0.39, 0.29) is 17.5 Å². The molecule has 0 aliphatic heterocycles. The third-order valence-corrected chi connectivity index (χ3v) is 1.98. The number of ether oxygens (including phenoxy) is 1. The van der Waals surface area contributed by atoms with E-state index in [1.165, 1.54) is 6.20 Å². The Labute approximate surface area is 95.0 Å². The van der Waals surface area contributed by atoms with Crippen LogP contribution in [0.25, 0.3) is 0 Å². The number of nitrogens with two attached hydrogens (primary N) is 1. The highest BCUT2D eigenvalue weighted by atomic mass is 16.5. The zero-order chi connectivity index (χ0) is 12.0. The van der Waals surface area contributed by atoms with Crippen LogP contribution in [-0.4, -0.2) is 15.9 Å². The molecular weight excluding hydrogens is 206 g/mol. The maximum atomic E-state index is 11.2. The third kappa shape index (κ3) is 3.49. The Morgan fingerprint density at radius 1 is 1.44 bits per heavy atom. The molecule has 5 heteroatoms. The van der Waals surface area contributed by atoms with Gasteiger partial charge in [0.25, 0.3) is 0 Å². The lowest BCUT2D eigenvalue weighted by molar-refractivity contribution is -0.134. The topological polar surface area (TPSA) is 78.1 Å². The molecule has 16 heavy (non-hydrogen) atoms. The van der Waals surface area contributed by atoms with Gasteiger partial charge in [-0.15, -0.1) is 0 Å². The van der Waals surface area contributed by atoms with Gasteiger partial charge in [-0.2, -0.15) is 0 Å². The molecule has 0 aliphatic carbocycles. The smallest absolute Gasteiger partial charge is 0.311 e. The van der Waals surface area contributed by atoms with Gasteiger partial charge >= 0.3 is 5.97 Å².